The molecule has 21 heavy (non-hydrogen) atoms. The first-order valence-electron chi connectivity index (χ1n) is 6.60. The van der Waals surface area contributed by atoms with Gasteiger partial charge in [0.1, 0.15) is 4.90 Å². The van der Waals surface area contributed by atoms with Crippen LogP contribution in [0, 0.1) is 0 Å². The van der Waals surface area contributed by atoms with Gasteiger partial charge < -0.3 is 5.32 Å². The molecule has 0 spiro atoms. The zero-order valence-corrected chi connectivity index (χ0v) is 13.3. The molecule has 0 aliphatic heterocycles. The van der Waals surface area contributed by atoms with Gasteiger partial charge >= 0.3 is 0 Å². The average molecular weight is 333 g/mol. The lowest BCUT2D eigenvalue weighted by atomic mass is 10.3. The summed E-state index contributed by atoms with van der Waals surface area (Å²) in [6.07, 6.45) is 1.71. The van der Waals surface area contributed by atoms with Crippen LogP contribution >= 0.6 is 0 Å². The van der Waals surface area contributed by atoms with Crippen molar-refractivity contribution in [3.63, 3.8) is 0 Å². The standard InChI is InChI=1S/C12H19N3O4S2/c1-13-20(16,17)9-8-14-11-4-2-3-5-12(11)21(18,19)15-10-6-7-10/h2-5,10,13-15H,6-9H2,1H3. The normalized spacial score (nSPS) is 15.9. The summed E-state index contributed by atoms with van der Waals surface area (Å²) in [6.45, 7) is 0.124. The summed E-state index contributed by atoms with van der Waals surface area (Å²) >= 11 is 0. The van der Waals surface area contributed by atoms with E-state index in [2.05, 4.69) is 14.8 Å². The van der Waals surface area contributed by atoms with Crippen LogP contribution in [0.5, 0.6) is 0 Å². The lowest BCUT2D eigenvalue weighted by Gasteiger charge is -2.13. The average Bonchev–Trinajstić information content (AvgIpc) is 3.22. The van der Waals surface area contributed by atoms with Crippen LogP contribution in [0.25, 0.3) is 0 Å². The predicted octanol–water partition coefficient (Wildman–Crippen LogP) is 0.0884. The lowest BCUT2D eigenvalue weighted by Crippen LogP contribution is -2.28. The van der Waals surface area contributed by atoms with E-state index in [1.54, 1.807) is 18.2 Å². The summed E-state index contributed by atoms with van der Waals surface area (Å²) in [6, 6.07) is 6.47. The summed E-state index contributed by atoms with van der Waals surface area (Å²) < 4.78 is 52.0. The molecule has 1 saturated carbocycles. The fraction of sp³-hybridized carbons (Fsp3) is 0.500. The second-order valence-electron chi connectivity index (χ2n) is 4.84. The van der Waals surface area contributed by atoms with Crippen molar-refractivity contribution in [1.29, 1.82) is 0 Å². The van der Waals surface area contributed by atoms with E-state index < -0.39 is 20.0 Å². The molecule has 1 fully saturated rings. The molecule has 118 valence electrons. The van der Waals surface area contributed by atoms with Gasteiger partial charge in [-0.25, -0.2) is 26.3 Å². The molecule has 0 heterocycles. The maximum Gasteiger partial charge on any atom is 0.242 e. The maximum absolute atomic E-state index is 12.2. The molecular formula is C12H19N3O4S2. The first kappa shape index (κ1) is 16.2. The van der Waals surface area contributed by atoms with E-state index in [1.165, 1.54) is 13.1 Å². The van der Waals surface area contributed by atoms with Gasteiger partial charge in [0, 0.05) is 12.6 Å². The Kier molecular flexibility index (Phi) is 4.87. The molecule has 0 amide bonds. The van der Waals surface area contributed by atoms with Gasteiger partial charge in [0.25, 0.3) is 0 Å². The number of nitrogens with one attached hydrogen (secondary N) is 3. The third-order valence-corrected chi connectivity index (χ3v) is 6.02. The van der Waals surface area contributed by atoms with E-state index in [9.17, 15) is 16.8 Å². The van der Waals surface area contributed by atoms with Crippen molar-refractivity contribution in [3.8, 4) is 0 Å². The van der Waals surface area contributed by atoms with Crippen LogP contribution in [-0.4, -0.2) is 42.2 Å². The second-order valence-corrected chi connectivity index (χ2v) is 8.57. The number of sulfonamides is 2. The van der Waals surface area contributed by atoms with Crippen LogP contribution in [0.4, 0.5) is 5.69 Å². The Labute approximate surface area is 125 Å². The van der Waals surface area contributed by atoms with Gasteiger partial charge in [0.2, 0.25) is 20.0 Å². The third-order valence-electron chi connectivity index (χ3n) is 3.07. The molecule has 0 atom stereocenters. The van der Waals surface area contributed by atoms with Gasteiger partial charge in [0.15, 0.2) is 0 Å². The SMILES string of the molecule is CNS(=O)(=O)CCNc1ccccc1S(=O)(=O)NC1CC1. The number of hydrogen-bond donors (Lipinski definition) is 3. The van der Waals surface area contributed by atoms with E-state index in [4.69, 9.17) is 0 Å². The molecule has 1 aromatic carbocycles. The molecule has 3 N–H and O–H groups in total. The Balaban J connectivity index is 2.10. The van der Waals surface area contributed by atoms with Crippen LogP contribution in [0.3, 0.4) is 0 Å². The summed E-state index contributed by atoms with van der Waals surface area (Å²) in [5, 5.41) is 2.87. The highest BCUT2D eigenvalue weighted by molar-refractivity contribution is 7.89. The Hall–Kier alpha value is -1.16. The molecule has 0 bridgehead atoms. The van der Waals surface area contributed by atoms with Crippen molar-refractivity contribution in [2.24, 2.45) is 0 Å². The molecule has 0 saturated heterocycles. The van der Waals surface area contributed by atoms with Gasteiger partial charge in [-0.3, -0.25) is 0 Å². The second kappa shape index (κ2) is 6.30. The molecule has 1 aliphatic rings. The minimum atomic E-state index is -3.58. The largest absolute Gasteiger partial charge is 0.383 e. The van der Waals surface area contributed by atoms with Crippen LogP contribution in [0.2, 0.25) is 0 Å². The molecule has 7 nitrogen and oxygen atoms in total. The first-order valence-corrected chi connectivity index (χ1v) is 9.74. The fourth-order valence-electron chi connectivity index (χ4n) is 1.75. The van der Waals surface area contributed by atoms with Gasteiger partial charge in [0.05, 0.1) is 11.4 Å². The highest BCUT2D eigenvalue weighted by Gasteiger charge is 2.29. The summed E-state index contributed by atoms with van der Waals surface area (Å²) in [4.78, 5) is 0.138. The number of anilines is 1. The fourth-order valence-corrected chi connectivity index (χ4v) is 3.82. The zero-order valence-electron chi connectivity index (χ0n) is 11.7. The van der Waals surface area contributed by atoms with Gasteiger partial charge in [-0.15, -0.1) is 0 Å². The molecule has 2 rings (SSSR count). The minimum Gasteiger partial charge on any atom is -0.383 e. The van der Waals surface area contributed by atoms with E-state index in [0.717, 1.165) is 12.8 Å². The van der Waals surface area contributed by atoms with Crippen molar-refractivity contribution in [3.05, 3.63) is 24.3 Å². The topological polar surface area (TPSA) is 104 Å². The zero-order chi connectivity index (χ0) is 15.5. The van der Waals surface area contributed by atoms with Crippen molar-refractivity contribution in [1.82, 2.24) is 9.44 Å². The predicted molar refractivity (Wildman–Crippen MR) is 81.1 cm³/mol. The molecule has 1 aliphatic carbocycles. The van der Waals surface area contributed by atoms with Gasteiger partial charge in [-0.05, 0) is 32.0 Å². The Morgan fingerprint density at radius 2 is 1.81 bits per heavy atom. The monoisotopic (exact) mass is 333 g/mol. The van der Waals surface area contributed by atoms with Crippen molar-refractivity contribution < 1.29 is 16.8 Å². The van der Waals surface area contributed by atoms with Crippen LogP contribution in [0.15, 0.2) is 29.2 Å². The van der Waals surface area contributed by atoms with Crippen molar-refractivity contribution >= 4 is 25.7 Å². The Morgan fingerprint density at radius 1 is 1.14 bits per heavy atom. The Morgan fingerprint density at radius 3 is 2.43 bits per heavy atom. The summed E-state index contributed by atoms with van der Waals surface area (Å²) in [7, 11) is -5.56. The molecule has 0 radical (unpaired) electrons. The first-order chi connectivity index (χ1) is 9.84. The molecule has 0 unspecified atom stereocenters. The van der Waals surface area contributed by atoms with Crippen molar-refractivity contribution in [2.75, 3.05) is 24.7 Å². The van der Waals surface area contributed by atoms with E-state index in [1.807, 2.05) is 0 Å². The van der Waals surface area contributed by atoms with E-state index >= 15 is 0 Å². The highest BCUT2D eigenvalue weighted by Crippen LogP contribution is 2.25. The quantitative estimate of drug-likeness (QED) is 0.625. The van der Waals surface area contributed by atoms with Gasteiger partial charge in [-0.2, -0.15) is 0 Å². The summed E-state index contributed by atoms with van der Waals surface area (Å²) in [5.41, 5.74) is 0.400. The lowest BCUT2D eigenvalue weighted by molar-refractivity contribution is 0.581. The Bertz CT molecular complexity index is 697. The van der Waals surface area contributed by atoms with Crippen LogP contribution < -0.4 is 14.8 Å². The minimum absolute atomic E-state index is 0.0210. The number of hydrogen-bond acceptors (Lipinski definition) is 5. The highest BCUT2D eigenvalue weighted by atomic mass is 32.2. The van der Waals surface area contributed by atoms with Crippen LogP contribution in [0.1, 0.15) is 12.8 Å². The molecule has 0 aromatic heterocycles. The molecule has 9 heteroatoms. The maximum atomic E-state index is 12.2. The smallest absolute Gasteiger partial charge is 0.242 e. The van der Waals surface area contributed by atoms with Gasteiger partial charge in [-0.1, -0.05) is 12.1 Å². The molecular weight excluding hydrogens is 314 g/mol. The van der Waals surface area contributed by atoms with E-state index in [-0.39, 0.29) is 23.2 Å². The van der Waals surface area contributed by atoms with Crippen LogP contribution in [-0.2, 0) is 20.0 Å². The number of benzene rings is 1. The molecule has 1 aromatic rings. The summed E-state index contributed by atoms with van der Waals surface area (Å²) in [5.74, 6) is -0.131. The number of para-hydroxylation sites is 1. The van der Waals surface area contributed by atoms with Crippen molar-refractivity contribution in [2.45, 2.75) is 23.8 Å². The van der Waals surface area contributed by atoms with E-state index in [0.29, 0.717) is 5.69 Å². The number of rotatable bonds is 8. The third kappa shape index (κ3) is 4.67.